The van der Waals surface area contributed by atoms with Gasteiger partial charge in [-0.05, 0) is 44.9 Å². The second-order valence-electron chi connectivity index (χ2n) is 6.12. The first-order chi connectivity index (χ1) is 9.75. The van der Waals surface area contributed by atoms with Crippen molar-refractivity contribution < 1.29 is 19.0 Å². The van der Waals surface area contributed by atoms with Gasteiger partial charge in [-0.25, -0.2) is 0 Å². The fourth-order valence-corrected chi connectivity index (χ4v) is 2.98. The highest BCUT2D eigenvalue weighted by Gasteiger charge is 2.38. The first kappa shape index (κ1) is 14.3. The number of nitrogens with zero attached hydrogens (tertiary/aromatic N) is 1. The lowest BCUT2D eigenvalue weighted by molar-refractivity contribution is -0.160. The van der Waals surface area contributed by atoms with Crippen LogP contribution in [0.5, 0.6) is 0 Å². The number of carbonyl (C=O) groups excluding carboxylic acids is 1. The molecule has 1 aliphatic carbocycles. The summed E-state index contributed by atoms with van der Waals surface area (Å²) in [6.07, 6.45) is 5.06. The average Bonchev–Trinajstić information content (AvgIpc) is 3.16. The summed E-state index contributed by atoms with van der Waals surface area (Å²) >= 11 is 0. The zero-order valence-electron chi connectivity index (χ0n) is 12.3. The van der Waals surface area contributed by atoms with Gasteiger partial charge in [0.25, 0.3) is 5.91 Å². The number of hydrogen-bond acceptors (Lipinski definition) is 4. The normalized spacial score (nSPS) is 29.6. The Hall–Kier alpha value is -0.650. The van der Waals surface area contributed by atoms with Gasteiger partial charge < -0.3 is 19.1 Å². The summed E-state index contributed by atoms with van der Waals surface area (Å²) in [5, 5.41) is 0. The van der Waals surface area contributed by atoms with E-state index in [0.29, 0.717) is 19.1 Å². The Morgan fingerprint density at radius 1 is 1.25 bits per heavy atom. The molecular formula is C15H25NO4. The Morgan fingerprint density at radius 2 is 2.00 bits per heavy atom. The average molecular weight is 283 g/mol. The van der Waals surface area contributed by atoms with Crippen molar-refractivity contribution >= 4 is 5.91 Å². The maximum atomic E-state index is 12.6. The SMILES string of the molecule is CC(OCC1CC1)C(=O)N1CCCCC1C1OCCO1. The number of ether oxygens (including phenoxy) is 3. The van der Waals surface area contributed by atoms with E-state index in [1.807, 2.05) is 11.8 Å². The summed E-state index contributed by atoms with van der Waals surface area (Å²) in [7, 11) is 0. The van der Waals surface area contributed by atoms with Crippen molar-refractivity contribution in [3.63, 3.8) is 0 Å². The van der Waals surface area contributed by atoms with Crippen LogP contribution in [0.15, 0.2) is 0 Å². The molecule has 5 nitrogen and oxygen atoms in total. The molecule has 2 unspecified atom stereocenters. The van der Waals surface area contributed by atoms with Crippen molar-refractivity contribution in [3.8, 4) is 0 Å². The van der Waals surface area contributed by atoms with Gasteiger partial charge in [0, 0.05) is 6.54 Å². The summed E-state index contributed by atoms with van der Waals surface area (Å²) < 4.78 is 16.9. The molecule has 0 bridgehead atoms. The third-order valence-electron chi connectivity index (χ3n) is 4.42. The van der Waals surface area contributed by atoms with Crippen molar-refractivity contribution in [3.05, 3.63) is 0 Å². The van der Waals surface area contributed by atoms with Gasteiger partial charge >= 0.3 is 0 Å². The molecule has 2 saturated heterocycles. The molecule has 2 aliphatic heterocycles. The summed E-state index contributed by atoms with van der Waals surface area (Å²) in [5.41, 5.74) is 0. The zero-order chi connectivity index (χ0) is 13.9. The van der Waals surface area contributed by atoms with E-state index in [9.17, 15) is 4.79 Å². The van der Waals surface area contributed by atoms with E-state index in [1.54, 1.807) is 0 Å². The fourth-order valence-electron chi connectivity index (χ4n) is 2.98. The highest BCUT2D eigenvalue weighted by molar-refractivity contribution is 5.81. The van der Waals surface area contributed by atoms with Gasteiger partial charge in [0.2, 0.25) is 0 Å². The molecule has 1 saturated carbocycles. The van der Waals surface area contributed by atoms with Crippen molar-refractivity contribution in [2.45, 2.75) is 57.5 Å². The Labute approximate surface area is 120 Å². The number of piperidine rings is 1. The molecule has 3 rings (SSSR count). The largest absolute Gasteiger partial charge is 0.368 e. The lowest BCUT2D eigenvalue weighted by atomic mass is 10.0. The van der Waals surface area contributed by atoms with E-state index in [0.717, 1.165) is 32.4 Å². The molecule has 3 aliphatic rings. The molecule has 0 aromatic heterocycles. The van der Waals surface area contributed by atoms with Crippen LogP contribution in [0, 0.1) is 5.92 Å². The molecule has 0 radical (unpaired) electrons. The quantitative estimate of drug-likeness (QED) is 0.768. The van der Waals surface area contributed by atoms with Crippen LogP contribution < -0.4 is 0 Å². The Balaban J connectivity index is 1.57. The minimum atomic E-state index is -0.349. The van der Waals surface area contributed by atoms with Crippen LogP contribution in [-0.4, -0.2) is 55.6 Å². The lowest BCUT2D eigenvalue weighted by Gasteiger charge is -2.39. The number of hydrogen-bond donors (Lipinski definition) is 0. The maximum Gasteiger partial charge on any atom is 0.251 e. The number of carbonyl (C=O) groups is 1. The minimum absolute atomic E-state index is 0.0609. The molecule has 3 fully saturated rings. The summed E-state index contributed by atoms with van der Waals surface area (Å²) in [5.74, 6) is 0.776. The smallest absolute Gasteiger partial charge is 0.251 e. The van der Waals surface area contributed by atoms with E-state index in [-0.39, 0.29) is 24.3 Å². The Bertz CT molecular complexity index is 339. The van der Waals surface area contributed by atoms with Gasteiger partial charge in [-0.1, -0.05) is 0 Å². The molecule has 1 amide bonds. The molecular weight excluding hydrogens is 258 g/mol. The van der Waals surface area contributed by atoms with Gasteiger partial charge in [-0.2, -0.15) is 0 Å². The van der Waals surface area contributed by atoms with Crippen molar-refractivity contribution in [1.82, 2.24) is 4.90 Å². The molecule has 0 N–H and O–H groups in total. The molecule has 2 heterocycles. The zero-order valence-corrected chi connectivity index (χ0v) is 12.3. The van der Waals surface area contributed by atoms with E-state index in [4.69, 9.17) is 14.2 Å². The van der Waals surface area contributed by atoms with Gasteiger partial charge in [0.05, 0.1) is 25.9 Å². The van der Waals surface area contributed by atoms with Crippen LogP contribution in [0.2, 0.25) is 0 Å². The third kappa shape index (κ3) is 3.32. The molecule has 0 aromatic rings. The molecule has 0 spiro atoms. The van der Waals surface area contributed by atoms with Crippen molar-refractivity contribution in [2.75, 3.05) is 26.4 Å². The van der Waals surface area contributed by atoms with Crippen LogP contribution in [0.1, 0.15) is 39.0 Å². The highest BCUT2D eigenvalue weighted by atomic mass is 16.7. The van der Waals surface area contributed by atoms with Crippen LogP contribution >= 0.6 is 0 Å². The fraction of sp³-hybridized carbons (Fsp3) is 0.933. The first-order valence-electron chi connectivity index (χ1n) is 7.91. The Kier molecular flexibility index (Phi) is 4.58. The maximum absolute atomic E-state index is 12.6. The summed E-state index contributed by atoms with van der Waals surface area (Å²) in [6, 6.07) is 0.0609. The second kappa shape index (κ2) is 6.41. The van der Waals surface area contributed by atoms with E-state index in [1.165, 1.54) is 12.8 Å². The topological polar surface area (TPSA) is 48.0 Å². The predicted octanol–water partition coefficient (Wildman–Crippen LogP) is 1.56. The number of likely N-dealkylation sites (tertiary alicyclic amines) is 1. The van der Waals surface area contributed by atoms with Crippen LogP contribution in [-0.2, 0) is 19.0 Å². The van der Waals surface area contributed by atoms with Gasteiger partial charge in [-0.3, -0.25) is 4.79 Å². The van der Waals surface area contributed by atoms with Crippen LogP contribution in [0.3, 0.4) is 0 Å². The summed E-state index contributed by atoms with van der Waals surface area (Å²) in [4.78, 5) is 14.5. The van der Waals surface area contributed by atoms with E-state index < -0.39 is 0 Å². The van der Waals surface area contributed by atoms with Gasteiger partial charge in [-0.15, -0.1) is 0 Å². The predicted molar refractivity (Wildman–Crippen MR) is 73.2 cm³/mol. The minimum Gasteiger partial charge on any atom is -0.368 e. The van der Waals surface area contributed by atoms with Crippen LogP contribution in [0.25, 0.3) is 0 Å². The number of amides is 1. The standard InChI is InChI=1S/C15H25NO4/c1-11(20-10-12-5-6-12)14(17)16-7-3-2-4-13(16)15-18-8-9-19-15/h11-13,15H,2-10H2,1H3. The first-order valence-corrected chi connectivity index (χ1v) is 7.91. The molecule has 20 heavy (non-hydrogen) atoms. The summed E-state index contributed by atoms with van der Waals surface area (Å²) in [6.45, 7) is 4.66. The Morgan fingerprint density at radius 3 is 2.70 bits per heavy atom. The monoisotopic (exact) mass is 283 g/mol. The van der Waals surface area contributed by atoms with E-state index in [2.05, 4.69) is 0 Å². The lowest BCUT2D eigenvalue weighted by Crippen LogP contribution is -2.53. The molecule has 5 heteroatoms. The third-order valence-corrected chi connectivity index (χ3v) is 4.42. The van der Waals surface area contributed by atoms with Gasteiger partial charge in [0.1, 0.15) is 6.10 Å². The van der Waals surface area contributed by atoms with Gasteiger partial charge in [0.15, 0.2) is 6.29 Å². The number of rotatable bonds is 5. The van der Waals surface area contributed by atoms with Crippen molar-refractivity contribution in [2.24, 2.45) is 5.92 Å². The molecule has 0 aromatic carbocycles. The second-order valence-corrected chi connectivity index (χ2v) is 6.12. The molecule has 2 atom stereocenters. The van der Waals surface area contributed by atoms with Crippen LogP contribution in [0.4, 0.5) is 0 Å². The van der Waals surface area contributed by atoms with E-state index >= 15 is 0 Å². The molecule has 114 valence electrons. The highest BCUT2D eigenvalue weighted by Crippen LogP contribution is 2.30. The van der Waals surface area contributed by atoms with Crippen molar-refractivity contribution in [1.29, 1.82) is 0 Å².